The zero-order valence-corrected chi connectivity index (χ0v) is 43.7. The second kappa shape index (κ2) is 28.3. The van der Waals surface area contributed by atoms with Crippen molar-refractivity contribution in [3.8, 4) is 0 Å². The molecule has 0 radical (unpaired) electrons. The van der Waals surface area contributed by atoms with Crippen molar-refractivity contribution in [1.82, 2.24) is 16.0 Å². The van der Waals surface area contributed by atoms with Crippen LogP contribution < -0.4 is 16.0 Å². The zero-order chi connectivity index (χ0) is 60.3. The number of carboxylic acids is 1. The van der Waals surface area contributed by atoms with Crippen molar-refractivity contribution in [2.45, 2.75) is 224 Å². The van der Waals surface area contributed by atoms with Crippen LogP contribution in [0.5, 0.6) is 0 Å². The topological polar surface area (TPSA) is 570 Å². The molecule has 0 saturated carbocycles. The average Bonchev–Trinajstić information content (AvgIpc) is 3.50. The second-order valence-corrected chi connectivity index (χ2v) is 20.4. The van der Waals surface area contributed by atoms with Crippen LogP contribution in [-0.2, 0) is 71.3 Å². The van der Waals surface area contributed by atoms with Gasteiger partial charge in [0, 0.05) is 27.2 Å². The number of ether oxygens (including phenoxy) is 11. The fraction of sp³-hybridized carbons (Fsp3) is 0.911. The van der Waals surface area contributed by atoms with Gasteiger partial charge in [0.2, 0.25) is 17.7 Å². The van der Waals surface area contributed by atoms with Gasteiger partial charge in [-0.2, -0.15) is 0 Å². The third-order valence-corrected chi connectivity index (χ3v) is 14.6. The number of nitrogens with one attached hydrogen (secondary N) is 3. The number of aliphatic hydroxyl groups excluding tert-OH is 17. The molecule has 36 nitrogen and oxygen atoms in total. The van der Waals surface area contributed by atoms with E-state index in [1.165, 1.54) is 6.92 Å². The van der Waals surface area contributed by atoms with Crippen LogP contribution in [0.3, 0.4) is 0 Å². The van der Waals surface area contributed by atoms with Crippen molar-refractivity contribution in [1.29, 1.82) is 0 Å². The minimum Gasteiger partial charge on any atom is -0.477 e. The lowest BCUT2D eigenvalue weighted by Gasteiger charge is -2.52. The van der Waals surface area contributed by atoms with E-state index in [2.05, 4.69) is 16.0 Å². The molecule has 0 aromatic carbocycles. The van der Waals surface area contributed by atoms with Crippen molar-refractivity contribution in [3.05, 3.63) is 0 Å². The minimum atomic E-state index is -3.28. The maximum absolute atomic E-state index is 13.3. The molecule has 5 unspecified atom stereocenters. The molecule has 0 aliphatic carbocycles. The third-order valence-electron chi connectivity index (χ3n) is 14.6. The Balaban J connectivity index is 1.40. The summed E-state index contributed by atoms with van der Waals surface area (Å²) in [5.41, 5.74) is 0. The van der Waals surface area contributed by atoms with Gasteiger partial charge in [0.1, 0.15) is 134 Å². The summed E-state index contributed by atoms with van der Waals surface area (Å²) in [4.78, 5) is 50.8. The van der Waals surface area contributed by atoms with Gasteiger partial charge < -0.3 is 160 Å². The van der Waals surface area contributed by atoms with Gasteiger partial charge in [-0.25, -0.2) is 4.79 Å². The summed E-state index contributed by atoms with van der Waals surface area (Å²) < 4.78 is 64.2. The van der Waals surface area contributed by atoms with Gasteiger partial charge in [-0.1, -0.05) is 0 Å². The van der Waals surface area contributed by atoms with Crippen molar-refractivity contribution in [2.75, 3.05) is 33.0 Å². The van der Waals surface area contributed by atoms with E-state index in [1.807, 2.05) is 0 Å². The number of hydrogen-bond donors (Lipinski definition) is 21. The lowest BCUT2D eigenvalue weighted by atomic mass is 9.88. The summed E-state index contributed by atoms with van der Waals surface area (Å²) in [6.45, 7) is -1.34. The Bertz CT molecular complexity index is 2080. The van der Waals surface area contributed by atoms with Crippen molar-refractivity contribution in [3.63, 3.8) is 0 Å². The number of carbonyl (C=O) groups is 4. The molecular weight excluding hydrogens is 1110 g/mol. The number of carbonyl (C=O) groups excluding carboxylic acids is 3. The molecule has 81 heavy (non-hydrogen) atoms. The highest BCUT2D eigenvalue weighted by Crippen LogP contribution is 2.40. The molecule has 6 aliphatic heterocycles. The summed E-state index contributed by atoms with van der Waals surface area (Å²) in [5.74, 6) is -8.03. The molecule has 6 rings (SSSR count). The zero-order valence-electron chi connectivity index (χ0n) is 43.7. The van der Waals surface area contributed by atoms with E-state index >= 15 is 0 Å². The van der Waals surface area contributed by atoms with E-state index in [-0.39, 0.29) is 0 Å². The van der Waals surface area contributed by atoms with Crippen molar-refractivity contribution < 1.29 is 163 Å². The monoisotopic (exact) mass is 1190 g/mol. The molecule has 0 aromatic heterocycles. The SMILES string of the molecule is CC(=O)N[C@@H]1[C@@H](OC2O[C@H](CO)[C@H](O)[C@H](OC3O[C@H](CO)[C@@H](OC4O[C@@H](C)[C@@H](O)[C@@H](O)[C@@H]4O)[C@H](OC4O[C@H](CO)[C@H](O)[C@H](OC5(C(=O)O)C[C@H](O)[C@@H](NC(C)=O)[C@H]([C@H](O)[C@H](O)CO)O5)[C@H]4O)[C@H]3NC(C)=O)[C@H]2O)[C@@H](O)[C@@H](CO)O[C@@H]1O. The number of aliphatic carboxylic acids is 1. The van der Waals surface area contributed by atoms with E-state index in [9.17, 15) is 111 Å². The van der Waals surface area contributed by atoms with E-state index in [0.717, 1.165) is 20.8 Å². The van der Waals surface area contributed by atoms with Crippen LogP contribution >= 0.6 is 0 Å². The van der Waals surface area contributed by atoms with Crippen molar-refractivity contribution in [2.24, 2.45) is 0 Å². The Morgan fingerprint density at radius 1 is 0.506 bits per heavy atom. The Kier molecular flexibility index (Phi) is 23.4. The first-order valence-corrected chi connectivity index (χ1v) is 25.6. The molecule has 0 aromatic rings. The normalized spacial score (nSPS) is 46.7. The number of rotatable bonds is 21. The molecule has 468 valence electrons. The van der Waals surface area contributed by atoms with E-state index in [1.54, 1.807) is 0 Å². The quantitative estimate of drug-likeness (QED) is 0.0507. The average molecular weight is 1190 g/mol. The van der Waals surface area contributed by atoms with Crippen LogP contribution in [0.25, 0.3) is 0 Å². The molecule has 6 saturated heterocycles. The van der Waals surface area contributed by atoms with Gasteiger partial charge in [-0.05, 0) is 6.92 Å². The second-order valence-electron chi connectivity index (χ2n) is 20.4. The first-order valence-electron chi connectivity index (χ1n) is 25.6. The van der Waals surface area contributed by atoms with Gasteiger partial charge in [0.15, 0.2) is 31.5 Å². The maximum Gasteiger partial charge on any atom is 0.364 e. The number of hydrogen-bond acceptors (Lipinski definition) is 32. The van der Waals surface area contributed by atoms with Gasteiger partial charge in [0.25, 0.3) is 5.79 Å². The molecule has 6 aliphatic rings. The molecular formula is C45H75N3O33. The highest BCUT2D eigenvalue weighted by Gasteiger charge is 2.62. The Morgan fingerprint density at radius 2 is 0.951 bits per heavy atom. The molecule has 21 N–H and O–H groups in total. The molecule has 31 atom stereocenters. The molecule has 0 bridgehead atoms. The summed E-state index contributed by atoms with van der Waals surface area (Å²) in [6.07, 6.45) is -56.4. The van der Waals surface area contributed by atoms with Crippen LogP contribution in [-0.4, -0.2) is 338 Å². The smallest absolute Gasteiger partial charge is 0.364 e. The summed E-state index contributed by atoms with van der Waals surface area (Å²) in [5, 5.41) is 203. The summed E-state index contributed by atoms with van der Waals surface area (Å²) >= 11 is 0. The minimum absolute atomic E-state index is 0.784. The Hall–Kier alpha value is -3.24. The molecule has 6 fully saturated rings. The highest BCUT2D eigenvalue weighted by atomic mass is 16.8. The van der Waals surface area contributed by atoms with E-state index in [0.29, 0.717) is 0 Å². The molecule has 6 heterocycles. The van der Waals surface area contributed by atoms with Crippen LogP contribution in [0.15, 0.2) is 0 Å². The Morgan fingerprint density at radius 3 is 1.48 bits per heavy atom. The molecule has 3 amide bonds. The third kappa shape index (κ3) is 14.5. The number of carboxylic acid groups (broad SMARTS) is 1. The lowest BCUT2D eigenvalue weighted by Crippen LogP contribution is -2.72. The fourth-order valence-electron chi connectivity index (χ4n) is 10.4. The predicted molar refractivity (Wildman–Crippen MR) is 250 cm³/mol. The van der Waals surface area contributed by atoms with Crippen molar-refractivity contribution >= 4 is 23.7 Å². The van der Waals surface area contributed by atoms with Crippen LogP contribution in [0.2, 0.25) is 0 Å². The van der Waals surface area contributed by atoms with Crippen LogP contribution in [0, 0.1) is 0 Å². The van der Waals surface area contributed by atoms with E-state index < -0.39 is 253 Å². The number of amides is 3. The largest absolute Gasteiger partial charge is 0.477 e. The van der Waals surface area contributed by atoms with Crippen LogP contribution in [0.1, 0.15) is 34.1 Å². The first kappa shape index (κ1) is 66.9. The molecule has 36 heteroatoms. The summed E-state index contributed by atoms with van der Waals surface area (Å²) in [7, 11) is 0. The highest BCUT2D eigenvalue weighted by molar-refractivity contribution is 5.77. The Labute approximate surface area is 459 Å². The fourth-order valence-corrected chi connectivity index (χ4v) is 10.4. The lowest BCUT2D eigenvalue weighted by molar-refractivity contribution is -0.398. The molecule has 0 spiro atoms. The summed E-state index contributed by atoms with van der Waals surface area (Å²) in [6, 6.07) is -5.36. The first-order chi connectivity index (χ1) is 38.1. The van der Waals surface area contributed by atoms with E-state index in [4.69, 9.17) is 52.1 Å². The van der Waals surface area contributed by atoms with Gasteiger partial charge in [0.05, 0.1) is 51.3 Å². The maximum atomic E-state index is 13.3. The van der Waals surface area contributed by atoms with Crippen LogP contribution in [0.4, 0.5) is 0 Å². The van der Waals surface area contributed by atoms with Gasteiger partial charge in [-0.15, -0.1) is 0 Å². The van der Waals surface area contributed by atoms with Gasteiger partial charge >= 0.3 is 5.97 Å². The predicted octanol–water partition coefficient (Wildman–Crippen LogP) is -13.4. The number of aliphatic hydroxyl groups is 17. The van der Waals surface area contributed by atoms with Gasteiger partial charge in [-0.3, -0.25) is 14.4 Å². The standard InChI is InChI=1S/C45H75N3O33/c1-11-24(59)29(64)30(65)41(71-11)76-33-20(10-53)75-40(79-37-27(62)18(8-51)73-42(31(37)66)77-34-22(47-13(3)55)39(68)72-17(7-50)26(34)61)23(48-14(4)56)36(33)78-43-32(67)38(28(63)19(9-52)74-43)81-45(44(69)70)5-15(57)21(46-12(2)54)35(80-45)25(60)16(58)6-49/h11,15-43,49-53,57-68H,5-10H2,1-4H3,(H,46,54)(H,47,55)(H,48,56)(H,69,70)/t11-,15-,16+,17+,18+,19+,20+,21+,22+,23+,24+,25+,26-,27-,28-,29+,30-,31+,32+,33+,34+,35+,36+,37-,38-,39-,40?,41?,42?,43?,45?/m0/s1.